The molecule has 110 valence electrons. The molecule has 19 heavy (non-hydrogen) atoms. The van der Waals surface area contributed by atoms with Crippen molar-refractivity contribution in [3.05, 3.63) is 0 Å². The zero-order valence-corrected chi connectivity index (χ0v) is 12.5. The summed E-state index contributed by atoms with van der Waals surface area (Å²) in [6.45, 7) is 7.60. The number of nitrogens with zero attached hydrogens (tertiary/aromatic N) is 1. The third kappa shape index (κ3) is 2.45. The molecule has 1 aliphatic carbocycles. The fourth-order valence-corrected chi connectivity index (χ4v) is 4.31. The number of hydrogen-bond donors (Lipinski definition) is 1. The largest absolute Gasteiger partial charge is 0.391 e. The predicted molar refractivity (Wildman–Crippen MR) is 76.2 cm³/mol. The maximum Gasteiger partial charge on any atom is 0.0748 e. The van der Waals surface area contributed by atoms with Gasteiger partial charge in [0.15, 0.2) is 0 Å². The van der Waals surface area contributed by atoms with Crippen LogP contribution < -0.4 is 0 Å². The van der Waals surface area contributed by atoms with Gasteiger partial charge in [0.1, 0.15) is 0 Å². The van der Waals surface area contributed by atoms with Crippen molar-refractivity contribution < 1.29 is 9.84 Å². The van der Waals surface area contributed by atoms with Crippen molar-refractivity contribution >= 4 is 0 Å². The van der Waals surface area contributed by atoms with E-state index in [1.54, 1.807) is 0 Å². The molecule has 3 rings (SSSR count). The first-order valence-electron chi connectivity index (χ1n) is 8.11. The normalized spacial score (nSPS) is 33.3. The first kappa shape index (κ1) is 13.8. The molecule has 2 aliphatic heterocycles. The third-order valence-electron chi connectivity index (χ3n) is 5.89. The Morgan fingerprint density at radius 1 is 1.21 bits per heavy atom. The summed E-state index contributed by atoms with van der Waals surface area (Å²) in [7, 11) is 0. The first-order chi connectivity index (χ1) is 9.04. The molecule has 1 N–H and O–H groups in total. The molecule has 3 fully saturated rings. The standard InChI is InChI=1S/C16H29NO2/c1-15(2,17-9-3-4-10-17)14(18)13-6-11-19-16(12-13)7-5-8-16/h13-14,18H,3-12H2,1-2H3. The average Bonchev–Trinajstić information content (AvgIpc) is 2.90. The maximum atomic E-state index is 10.9. The summed E-state index contributed by atoms with van der Waals surface area (Å²) >= 11 is 0. The number of likely N-dealkylation sites (tertiary alicyclic amines) is 1. The summed E-state index contributed by atoms with van der Waals surface area (Å²) in [4.78, 5) is 2.49. The fraction of sp³-hybridized carbons (Fsp3) is 1.00. The third-order valence-corrected chi connectivity index (χ3v) is 5.89. The maximum absolute atomic E-state index is 10.9. The van der Waals surface area contributed by atoms with Crippen molar-refractivity contribution in [1.29, 1.82) is 0 Å². The molecule has 0 radical (unpaired) electrons. The van der Waals surface area contributed by atoms with E-state index in [1.807, 2.05) is 0 Å². The van der Waals surface area contributed by atoms with Crippen molar-refractivity contribution in [2.24, 2.45) is 5.92 Å². The smallest absolute Gasteiger partial charge is 0.0748 e. The highest BCUT2D eigenvalue weighted by Gasteiger charge is 2.48. The van der Waals surface area contributed by atoms with E-state index in [4.69, 9.17) is 4.74 Å². The topological polar surface area (TPSA) is 32.7 Å². The number of hydrogen-bond acceptors (Lipinski definition) is 3. The van der Waals surface area contributed by atoms with Crippen LogP contribution in [0.4, 0.5) is 0 Å². The summed E-state index contributed by atoms with van der Waals surface area (Å²) < 4.78 is 6.00. The highest BCUT2D eigenvalue weighted by Crippen LogP contribution is 2.46. The van der Waals surface area contributed by atoms with Crippen LogP contribution in [0.15, 0.2) is 0 Å². The van der Waals surface area contributed by atoms with E-state index in [0.29, 0.717) is 5.92 Å². The minimum atomic E-state index is -0.216. The van der Waals surface area contributed by atoms with Crippen LogP contribution in [0.5, 0.6) is 0 Å². The first-order valence-corrected chi connectivity index (χ1v) is 8.11. The molecule has 2 heterocycles. The van der Waals surface area contributed by atoms with Gasteiger partial charge in [0.2, 0.25) is 0 Å². The van der Waals surface area contributed by atoms with Gasteiger partial charge in [-0.25, -0.2) is 0 Å². The van der Waals surface area contributed by atoms with Gasteiger partial charge in [-0.05, 0) is 77.8 Å². The highest BCUT2D eigenvalue weighted by molar-refractivity contribution is 5.00. The Morgan fingerprint density at radius 3 is 2.47 bits per heavy atom. The second-order valence-electron chi connectivity index (χ2n) is 7.43. The van der Waals surface area contributed by atoms with Crippen molar-refractivity contribution in [1.82, 2.24) is 4.90 Å². The van der Waals surface area contributed by atoms with Crippen molar-refractivity contribution in [3.8, 4) is 0 Å². The molecule has 1 spiro atoms. The van der Waals surface area contributed by atoms with Crippen LogP contribution in [0, 0.1) is 5.92 Å². The van der Waals surface area contributed by atoms with Crippen LogP contribution in [0.1, 0.15) is 58.8 Å². The zero-order valence-electron chi connectivity index (χ0n) is 12.5. The predicted octanol–water partition coefficient (Wildman–Crippen LogP) is 2.57. The van der Waals surface area contributed by atoms with Gasteiger partial charge in [0, 0.05) is 12.1 Å². The van der Waals surface area contributed by atoms with Gasteiger partial charge in [-0.3, -0.25) is 4.90 Å². The second kappa shape index (κ2) is 5.01. The van der Waals surface area contributed by atoms with E-state index in [0.717, 1.165) is 32.5 Å². The van der Waals surface area contributed by atoms with Gasteiger partial charge < -0.3 is 9.84 Å². The molecule has 0 amide bonds. The second-order valence-corrected chi connectivity index (χ2v) is 7.43. The summed E-state index contributed by atoms with van der Waals surface area (Å²) in [5.41, 5.74) is 0.0639. The molecular weight excluding hydrogens is 238 g/mol. The Kier molecular flexibility index (Phi) is 3.65. The SMILES string of the molecule is CC(C)(C(O)C1CCOC2(CCC2)C1)N1CCCC1. The van der Waals surface area contributed by atoms with Crippen LogP contribution in [-0.4, -0.2) is 46.9 Å². The molecule has 3 heteroatoms. The number of ether oxygens (including phenoxy) is 1. The summed E-state index contributed by atoms with van der Waals surface area (Å²) in [6.07, 6.45) is 8.18. The van der Waals surface area contributed by atoms with Crippen molar-refractivity contribution in [2.45, 2.75) is 76.0 Å². The molecule has 0 aromatic rings. The van der Waals surface area contributed by atoms with E-state index >= 15 is 0 Å². The van der Waals surface area contributed by atoms with Gasteiger partial charge in [0.25, 0.3) is 0 Å². The van der Waals surface area contributed by atoms with Gasteiger partial charge in [0.05, 0.1) is 11.7 Å². The van der Waals surface area contributed by atoms with E-state index < -0.39 is 0 Å². The molecule has 0 aromatic heterocycles. The lowest BCUT2D eigenvalue weighted by Crippen LogP contribution is -2.57. The number of aliphatic hydroxyl groups excluding tert-OH is 1. The van der Waals surface area contributed by atoms with Gasteiger partial charge in [-0.1, -0.05) is 0 Å². The van der Waals surface area contributed by atoms with E-state index in [-0.39, 0.29) is 17.2 Å². The van der Waals surface area contributed by atoms with Crippen LogP contribution in [0.25, 0.3) is 0 Å². The Bertz CT molecular complexity index is 319. The molecule has 1 saturated carbocycles. The highest BCUT2D eigenvalue weighted by atomic mass is 16.5. The van der Waals surface area contributed by atoms with Crippen LogP contribution >= 0.6 is 0 Å². The molecule has 0 aromatic carbocycles. The molecular formula is C16H29NO2. The van der Waals surface area contributed by atoms with E-state index in [9.17, 15) is 5.11 Å². The Labute approximate surface area is 117 Å². The number of aliphatic hydroxyl groups is 1. The molecule has 3 nitrogen and oxygen atoms in total. The lowest BCUT2D eigenvalue weighted by Gasteiger charge is -2.51. The lowest BCUT2D eigenvalue weighted by molar-refractivity contribution is -0.168. The zero-order chi connectivity index (χ0) is 13.5. The van der Waals surface area contributed by atoms with Gasteiger partial charge >= 0.3 is 0 Å². The average molecular weight is 267 g/mol. The van der Waals surface area contributed by atoms with Gasteiger partial charge in [-0.2, -0.15) is 0 Å². The lowest BCUT2D eigenvalue weighted by atomic mass is 9.68. The molecule has 2 saturated heterocycles. The minimum Gasteiger partial charge on any atom is -0.391 e. The minimum absolute atomic E-state index is 0.0799. The molecule has 2 unspecified atom stereocenters. The summed E-state index contributed by atoms with van der Waals surface area (Å²) in [5, 5.41) is 10.9. The summed E-state index contributed by atoms with van der Waals surface area (Å²) in [6, 6.07) is 0. The van der Waals surface area contributed by atoms with Crippen molar-refractivity contribution in [3.63, 3.8) is 0 Å². The van der Waals surface area contributed by atoms with Crippen molar-refractivity contribution in [2.75, 3.05) is 19.7 Å². The quantitative estimate of drug-likeness (QED) is 0.853. The Hall–Kier alpha value is -0.120. The number of rotatable bonds is 3. The van der Waals surface area contributed by atoms with E-state index in [2.05, 4.69) is 18.7 Å². The van der Waals surface area contributed by atoms with Crippen LogP contribution in [-0.2, 0) is 4.74 Å². The fourth-order valence-electron chi connectivity index (χ4n) is 4.31. The van der Waals surface area contributed by atoms with Crippen LogP contribution in [0.2, 0.25) is 0 Å². The van der Waals surface area contributed by atoms with Gasteiger partial charge in [-0.15, -0.1) is 0 Å². The molecule has 2 atom stereocenters. The molecule has 0 bridgehead atoms. The Balaban J connectivity index is 1.66. The van der Waals surface area contributed by atoms with Crippen LogP contribution in [0.3, 0.4) is 0 Å². The monoisotopic (exact) mass is 267 g/mol. The Morgan fingerprint density at radius 2 is 1.89 bits per heavy atom. The molecule has 3 aliphatic rings. The summed E-state index contributed by atoms with van der Waals surface area (Å²) in [5.74, 6) is 0.421. The van der Waals surface area contributed by atoms with E-state index in [1.165, 1.54) is 32.1 Å².